The number of para-hydroxylation sites is 1. The maximum Gasteiger partial charge on any atom is 0.406 e. The fourth-order valence-electron chi connectivity index (χ4n) is 3.71. The molecule has 0 radical (unpaired) electrons. The Hall–Kier alpha value is -2.62. The molecule has 1 fully saturated rings. The van der Waals surface area contributed by atoms with Gasteiger partial charge in [0.1, 0.15) is 12.3 Å². The molecule has 0 bridgehead atoms. The van der Waals surface area contributed by atoms with Gasteiger partial charge in [-0.2, -0.15) is 18.2 Å². The van der Waals surface area contributed by atoms with Gasteiger partial charge in [0.05, 0.1) is 19.2 Å². The van der Waals surface area contributed by atoms with Crippen molar-refractivity contribution in [2.24, 2.45) is 0 Å². The molecule has 7 nitrogen and oxygen atoms in total. The maximum atomic E-state index is 12.8. The Bertz CT molecular complexity index is 877. The quantitative estimate of drug-likeness (QED) is 0.654. The van der Waals surface area contributed by atoms with Crippen LogP contribution in [0, 0.1) is 0 Å². The minimum Gasteiger partial charge on any atom is -0.496 e. The Kier molecular flexibility index (Phi) is 7.19. The summed E-state index contributed by atoms with van der Waals surface area (Å²) < 4.78 is 49.1. The van der Waals surface area contributed by atoms with Gasteiger partial charge in [-0.25, -0.2) is 0 Å². The molecule has 1 aliphatic heterocycles. The van der Waals surface area contributed by atoms with E-state index in [9.17, 15) is 18.0 Å². The lowest BCUT2D eigenvalue weighted by molar-refractivity contribution is -0.165. The van der Waals surface area contributed by atoms with Crippen LogP contribution in [-0.4, -0.2) is 71.4 Å². The molecular formula is C21H27F3N4O3. The number of nitrogens with zero attached hydrogens (tertiary/aromatic N) is 4. The largest absolute Gasteiger partial charge is 0.496 e. The highest BCUT2D eigenvalue weighted by molar-refractivity contribution is 5.78. The van der Waals surface area contributed by atoms with Crippen molar-refractivity contribution in [2.45, 2.75) is 44.8 Å². The third-order valence-electron chi connectivity index (χ3n) is 5.38. The summed E-state index contributed by atoms with van der Waals surface area (Å²) in [6, 6.07) is 6.85. The van der Waals surface area contributed by atoms with Crippen LogP contribution in [0.3, 0.4) is 0 Å². The lowest BCUT2D eigenvalue weighted by Crippen LogP contribution is -2.48. The van der Waals surface area contributed by atoms with Crippen LogP contribution in [0.2, 0.25) is 0 Å². The van der Waals surface area contributed by atoms with Gasteiger partial charge in [0, 0.05) is 12.0 Å². The summed E-state index contributed by atoms with van der Waals surface area (Å²) in [7, 11) is 1.57. The molecule has 1 saturated heterocycles. The van der Waals surface area contributed by atoms with Gasteiger partial charge in [-0.3, -0.25) is 9.69 Å². The van der Waals surface area contributed by atoms with Crippen LogP contribution in [0.15, 0.2) is 28.8 Å². The number of methoxy groups -OCH3 is 1. The van der Waals surface area contributed by atoms with Crippen molar-refractivity contribution in [3.8, 4) is 17.2 Å². The Balaban J connectivity index is 1.57. The second-order valence-electron chi connectivity index (χ2n) is 7.94. The van der Waals surface area contributed by atoms with Crippen LogP contribution in [0.4, 0.5) is 13.2 Å². The number of alkyl halides is 3. The number of carbonyl (C=O) groups excluding carboxylic acids is 1. The Labute approximate surface area is 179 Å². The molecule has 2 aromatic rings. The molecule has 31 heavy (non-hydrogen) atoms. The Morgan fingerprint density at radius 2 is 1.97 bits per heavy atom. The summed E-state index contributed by atoms with van der Waals surface area (Å²) >= 11 is 0. The number of aromatic nitrogens is 2. The van der Waals surface area contributed by atoms with Crippen LogP contribution >= 0.6 is 0 Å². The highest BCUT2D eigenvalue weighted by atomic mass is 19.4. The van der Waals surface area contributed by atoms with Crippen LogP contribution in [0.5, 0.6) is 5.75 Å². The highest BCUT2D eigenvalue weighted by Crippen LogP contribution is 2.31. The highest BCUT2D eigenvalue weighted by Gasteiger charge is 2.35. The van der Waals surface area contributed by atoms with E-state index in [1.165, 1.54) is 0 Å². The van der Waals surface area contributed by atoms with Crippen molar-refractivity contribution in [3.63, 3.8) is 0 Å². The molecule has 170 valence electrons. The minimum absolute atomic E-state index is 0.0281. The molecule has 3 rings (SSSR count). The predicted molar refractivity (Wildman–Crippen MR) is 108 cm³/mol. The third kappa shape index (κ3) is 5.96. The van der Waals surface area contributed by atoms with Gasteiger partial charge < -0.3 is 14.2 Å². The SMILES string of the molecule is COc1ccccc1-c1nc(C2CCN(CC(=O)N(CC(F)(F)F)C(C)C)CC2)no1. The van der Waals surface area contributed by atoms with Crippen LogP contribution in [0.25, 0.3) is 11.5 Å². The van der Waals surface area contributed by atoms with Crippen molar-refractivity contribution in [1.29, 1.82) is 0 Å². The van der Waals surface area contributed by atoms with Gasteiger partial charge in [0.15, 0.2) is 5.82 Å². The van der Waals surface area contributed by atoms with E-state index in [0.29, 0.717) is 49.0 Å². The Morgan fingerprint density at radius 1 is 1.29 bits per heavy atom. The summed E-state index contributed by atoms with van der Waals surface area (Å²) in [6.07, 6.45) is -3.02. The smallest absolute Gasteiger partial charge is 0.406 e. The molecule has 2 heterocycles. The number of likely N-dealkylation sites (tertiary alicyclic amines) is 1. The molecule has 0 aliphatic carbocycles. The monoisotopic (exact) mass is 440 g/mol. The molecule has 10 heteroatoms. The van der Waals surface area contributed by atoms with Crippen molar-refractivity contribution >= 4 is 5.91 Å². The molecule has 0 atom stereocenters. The first-order valence-electron chi connectivity index (χ1n) is 10.2. The van der Waals surface area contributed by atoms with E-state index < -0.39 is 24.7 Å². The Morgan fingerprint density at radius 3 is 2.58 bits per heavy atom. The van der Waals surface area contributed by atoms with Crippen molar-refractivity contribution in [3.05, 3.63) is 30.1 Å². The predicted octanol–water partition coefficient (Wildman–Crippen LogP) is 3.72. The van der Waals surface area contributed by atoms with Gasteiger partial charge in [0.2, 0.25) is 5.91 Å². The molecule has 1 aromatic carbocycles. The molecule has 1 amide bonds. The van der Waals surface area contributed by atoms with E-state index in [0.717, 1.165) is 4.90 Å². The number of hydrogen-bond donors (Lipinski definition) is 0. The molecular weight excluding hydrogens is 413 g/mol. The first kappa shape index (κ1) is 23.1. The van der Waals surface area contributed by atoms with E-state index in [1.54, 1.807) is 21.0 Å². The van der Waals surface area contributed by atoms with E-state index in [4.69, 9.17) is 9.26 Å². The van der Waals surface area contributed by atoms with E-state index in [-0.39, 0.29) is 12.5 Å². The summed E-state index contributed by atoms with van der Waals surface area (Å²) in [6.45, 7) is 3.07. The van der Waals surface area contributed by atoms with Gasteiger partial charge in [0.25, 0.3) is 5.89 Å². The topological polar surface area (TPSA) is 71.7 Å². The van der Waals surface area contributed by atoms with Gasteiger partial charge in [-0.15, -0.1) is 0 Å². The first-order chi connectivity index (χ1) is 14.7. The molecule has 0 unspecified atom stereocenters. The number of benzene rings is 1. The van der Waals surface area contributed by atoms with E-state index in [1.807, 2.05) is 29.2 Å². The fourth-order valence-corrected chi connectivity index (χ4v) is 3.71. The molecule has 0 spiro atoms. The normalized spacial score (nSPS) is 16.0. The number of rotatable bonds is 7. The zero-order valence-corrected chi connectivity index (χ0v) is 17.9. The van der Waals surface area contributed by atoms with Crippen LogP contribution < -0.4 is 4.74 Å². The summed E-state index contributed by atoms with van der Waals surface area (Å²) in [4.78, 5) is 19.7. The zero-order valence-electron chi connectivity index (χ0n) is 17.9. The van der Waals surface area contributed by atoms with Crippen LogP contribution in [0.1, 0.15) is 38.4 Å². The van der Waals surface area contributed by atoms with Gasteiger partial charge >= 0.3 is 6.18 Å². The van der Waals surface area contributed by atoms with Crippen molar-refractivity contribution in [2.75, 3.05) is 33.3 Å². The molecule has 0 N–H and O–H groups in total. The second-order valence-corrected chi connectivity index (χ2v) is 7.94. The number of piperidine rings is 1. The average molecular weight is 440 g/mol. The standard InChI is InChI=1S/C21H27F3N4O3/c1-14(2)28(13-21(22,23)24)18(29)12-27-10-8-15(9-11-27)19-25-20(31-26-19)16-6-4-5-7-17(16)30-3/h4-7,14-15H,8-13H2,1-3H3. The average Bonchev–Trinajstić information content (AvgIpc) is 3.21. The number of halogens is 3. The van der Waals surface area contributed by atoms with E-state index in [2.05, 4.69) is 10.1 Å². The summed E-state index contributed by atoms with van der Waals surface area (Å²) in [5.74, 6) is 1.16. The van der Waals surface area contributed by atoms with Crippen LogP contribution in [-0.2, 0) is 4.79 Å². The van der Waals surface area contributed by atoms with Crippen molar-refractivity contribution < 1.29 is 27.2 Å². The van der Waals surface area contributed by atoms with Gasteiger partial charge in [-0.05, 0) is 51.9 Å². The minimum atomic E-state index is -4.41. The number of ether oxygens (including phenoxy) is 1. The lowest BCUT2D eigenvalue weighted by Gasteiger charge is -2.33. The first-order valence-corrected chi connectivity index (χ1v) is 10.2. The summed E-state index contributed by atoms with van der Waals surface area (Å²) in [5.41, 5.74) is 0.713. The zero-order chi connectivity index (χ0) is 22.6. The third-order valence-corrected chi connectivity index (χ3v) is 5.38. The fraction of sp³-hybridized carbons (Fsp3) is 0.571. The second kappa shape index (κ2) is 9.67. The number of carbonyl (C=O) groups is 1. The summed E-state index contributed by atoms with van der Waals surface area (Å²) in [5, 5.41) is 4.11. The lowest BCUT2D eigenvalue weighted by atomic mass is 9.96. The van der Waals surface area contributed by atoms with Gasteiger partial charge in [-0.1, -0.05) is 17.3 Å². The number of amides is 1. The number of hydrogen-bond acceptors (Lipinski definition) is 6. The van der Waals surface area contributed by atoms with E-state index >= 15 is 0 Å². The molecule has 1 aliphatic rings. The molecule has 0 saturated carbocycles. The maximum absolute atomic E-state index is 12.8. The molecule has 1 aromatic heterocycles. The van der Waals surface area contributed by atoms with Crippen molar-refractivity contribution in [1.82, 2.24) is 19.9 Å².